The van der Waals surface area contributed by atoms with Gasteiger partial charge in [-0.1, -0.05) is 62.8 Å². The molecule has 1 heterocycles. The standard InChI is InChI=1S/C18H22ClNS/c1-13(11-14-5-3-2-4-6-14)17-12-21-18(20-17)15-7-9-16(19)10-8-15/h7-10,12-14H,2-6,11H2,1H3/t13-/m1/s1. The lowest BCUT2D eigenvalue weighted by Gasteiger charge is -2.23. The van der Waals surface area contributed by atoms with Crippen molar-refractivity contribution < 1.29 is 0 Å². The third kappa shape index (κ3) is 3.87. The molecule has 1 aliphatic carbocycles. The Kier molecular flexibility index (Phi) is 4.97. The monoisotopic (exact) mass is 319 g/mol. The van der Waals surface area contributed by atoms with Gasteiger partial charge in [0.2, 0.25) is 0 Å². The Morgan fingerprint density at radius 1 is 1.19 bits per heavy atom. The van der Waals surface area contributed by atoms with Crippen LogP contribution >= 0.6 is 22.9 Å². The lowest BCUT2D eigenvalue weighted by Crippen LogP contribution is -2.09. The summed E-state index contributed by atoms with van der Waals surface area (Å²) in [4.78, 5) is 4.85. The molecule has 1 atom stereocenters. The van der Waals surface area contributed by atoms with Crippen molar-refractivity contribution in [2.75, 3.05) is 0 Å². The number of hydrogen-bond acceptors (Lipinski definition) is 2. The van der Waals surface area contributed by atoms with Crippen molar-refractivity contribution in [3.8, 4) is 10.6 Å². The second-order valence-electron chi connectivity index (χ2n) is 6.23. The molecule has 1 fully saturated rings. The third-order valence-corrected chi connectivity index (χ3v) is 5.69. The van der Waals surface area contributed by atoms with Gasteiger partial charge < -0.3 is 0 Å². The van der Waals surface area contributed by atoms with Crippen LogP contribution in [0.1, 0.15) is 57.1 Å². The fourth-order valence-electron chi connectivity index (χ4n) is 3.28. The molecule has 1 nitrogen and oxygen atoms in total. The number of aromatic nitrogens is 1. The quantitative estimate of drug-likeness (QED) is 0.623. The van der Waals surface area contributed by atoms with Crippen LogP contribution in [0.15, 0.2) is 29.6 Å². The van der Waals surface area contributed by atoms with Gasteiger partial charge in [-0.25, -0.2) is 4.98 Å². The van der Waals surface area contributed by atoms with Crippen LogP contribution in [-0.2, 0) is 0 Å². The molecular weight excluding hydrogens is 298 g/mol. The highest BCUT2D eigenvalue weighted by Gasteiger charge is 2.19. The highest BCUT2D eigenvalue weighted by molar-refractivity contribution is 7.13. The van der Waals surface area contributed by atoms with Gasteiger partial charge in [0, 0.05) is 16.0 Å². The van der Waals surface area contributed by atoms with Crippen molar-refractivity contribution in [2.24, 2.45) is 5.92 Å². The van der Waals surface area contributed by atoms with E-state index in [0.717, 1.165) is 15.9 Å². The van der Waals surface area contributed by atoms with Gasteiger partial charge >= 0.3 is 0 Å². The van der Waals surface area contributed by atoms with E-state index in [0.29, 0.717) is 5.92 Å². The summed E-state index contributed by atoms with van der Waals surface area (Å²) in [5.74, 6) is 1.49. The molecule has 0 saturated heterocycles. The Morgan fingerprint density at radius 3 is 2.62 bits per heavy atom. The first-order chi connectivity index (χ1) is 10.2. The molecule has 1 aromatic carbocycles. The predicted molar refractivity (Wildman–Crippen MR) is 92.2 cm³/mol. The Morgan fingerprint density at radius 2 is 1.90 bits per heavy atom. The Hall–Kier alpha value is -0.860. The summed E-state index contributed by atoms with van der Waals surface area (Å²) in [6, 6.07) is 7.97. The zero-order valence-electron chi connectivity index (χ0n) is 12.5. The maximum Gasteiger partial charge on any atom is 0.123 e. The fourth-order valence-corrected chi connectivity index (χ4v) is 4.35. The fraction of sp³-hybridized carbons (Fsp3) is 0.500. The van der Waals surface area contributed by atoms with Crippen LogP contribution in [0.5, 0.6) is 0 Å². The molecule has 1 aromatic heterocycles. The molecule has 112 valence electrons. The van der Waals surface area contributed by atoms with Gasteiger partial charge in [0.15, 0.2) is 0 Å². The van der Waals surface area contributed by atoms with Crippen LogP contribution in [-0.4, -0.2) is 4.98 Å². The van der Waals surface area contributed by atoms with E-state index in [-0.39, 0.29) is 0 Å². The normalized spacial score (nSPS) is 17.8. The van der Waals surface area contributed by atoms with Crippen LogP contribution in [0.3, 0.4) is 0 Å². The molecule has 0 amide bonds. The molecule has 21 heavy (non-hydrogen) atoms. The van der Waals surface area contributed by atoms with E-state index in [2.05, 4.69) is 24.4 Å². The second kappa shape index (κ2) is 6.93. The number of benzene rings is 1. The van der Waals surface area contributed by atoms with E-state index in [1.807, 2.05) is 12.1 Å². The first-order valence-corrected chi connectivity index (χ1v) is 9.19. The van der Waals surface area contributed by atoms with Gasteiger partial charge in [0.25, 0.3) is 0 Å². The van der Waals surface area contributed by atoms with Gasteiger partial charge in [-0.15, -0.1) is 11.3 Å². The highest BCUT2D eigenvalue weighted by Crippen LogP contribution is 2.34. The van der Waals surface area contributed by atoms with Gasteiger partial charge in [0.1, 0.15) is 5.01 Å². The predicted octanol–water partition coefficient (Wildman–Crippen LogP) is 6.54. The van der Waals surface area contributed by atoms with E-state index < -0.39 is 0 Å². The van der Waals surface area contributed by atoms with Crippen molar-refractivity contribution in [1.82, 2.24) is 4.98 Å². The summed E-state index contributed by atoms with van der Waals surface area (Å²) in [7, 11) is 0. The number of hydrogen-bond donors (Lipinski definition) is 0. The van der Waals surface area contributed by atoms with E-state index in [9.17, 15) is 0 Å². The molecule has 0 bridgehead atoms. The zero-order valence-corrected chi connectivity index (χ0v) is 14.1. The van der Waals surface area contributed by atoms with Gasteiger partial charge in [-0.2, -0.15) is 0 Å². The molecule has 0 unspecified atom stereocenters. The summed E-state index contributed by atoms with van der Waals surface area (Å²) >= 11 is 7.69. The smallest absolute Gasteiger partial charge is 0.123 e. The minimum absolute atomic E-state index is 0.574. The summed E-state index contributed by atoms with van der Waals surface area (Å²) < 4.78 is 0. The summed E-state index contributed by atoms with van der Waals surface area (Å²) in [5, 5.41) is 4.12. The van der Waals surface area contributed by atoms with Crippen molar-refractivity contribution in [2.45, 2.75) is 51.4 Å². The molecule has 3 heteroatoms. The number of halogens is 1. The van der Waals surface area contributed by atoms with Crippen LogP contribution < -0.4 is 0 Å². The first kappa shape index (κ1) is 15.1. The average molecular weight is 320 g/mol. The van der Waals surface area contributed by atoms with Crippen molar-refractivity contribution in [1.29, 1.82) is 0 Å². The molecular formula is C18H22ClNS. The maximum absolute atomic E-state index is 5.95. The second-order valence-corrected chi connectivity index (χ2v) is 7.52. The SMILES string of the molecule is C[C@H](CC1CCCCC1)c1csc(-c2ccc(Cl)cc2)n1. The summed E-state index contributed by atoms with van der Waals surface area (Å²) in [6.45, 7) is 2.33. The van der Waals surface area contributed by atoms with Crippen molar-refractivity contribution >= 4 is 22.9 Å². The van der Waals surface area contributed by atoms with E-state index in [1.54, 1.807) is 11.3 Å². The lowest BCUT2D eigenvalue weighted by molar-refractivity contribution is 0.321. The number of rotatable bonds is 4. The van der Waals surface area contributed by atoms with Crippen molar-refractivity contribution in [3.05, 3.63) is 40.4 Å². The molecule has 2 aromatic rings. The number of nitrogens with zero attached hydrogens (tertiary/aromatic N) is 1. The Balaban J connectivity index is 1.67. The largest absolute Gasteiger partial charge is 0.241 e. The van der Waals surface area contributed by atoms with Crippen molar-refractivity contribution in [3.63, 3.8) is 0 Å². The van der Waals surface area contributed by atoms with Crippen LogP contribution in [0, 0.1) is 5.92 Å². The molecule has 3 rings (SSSR count). The molecule has 0 aliphatic heterocycles. The van der Waals surface area contributed by atoms with E-state index in [4.69, 9.17) is 16.6 Å². The van der Waals surface area contributed by atoms with Crippen LogP contribution in [0.4, 0.5) is 0 Å². The zero-order chi connectivity index (χ0) is 14.7. The Bertz CT molecular complexity index is 569. The first-order valence-electron chi connectivity index (χ1n) is 7.94. The van der Waals surface area contributed by atoms with Crippen LogP contribution in [0.25, 0.3) is 10.6 Å². The van der Waals surface area contributed by atoms with Gasteiger partial charge in [-0.3, -0.25) is 0 Å². The molecule has 1 saturated carbocycles. The summed E-state index contributed by atoms with van der Waals surface area (Å²) in [6.07, 6.45) is 8.40. The molecule has 0 radical (unpaired) electrons. The average Bonchev–Trinajstić information content (AvgIpc) is 2.99. The third-order valence-electron chi connectivity index (χ3n) is 4.53. The molecule has 0 N–H and O–H groups in total. The lowest BCUT2D eigenvalue weighted by atomic mass is 9.82. The highest BCUT2D eigenvalue weighted by atomic mass is 35.5. The van der Waals surface area contributed by atoms with Gasteiger partial charge in [-0.05, 0) is 30.4 Å². The minimum Gasteiger partial charge on any atom is -0.241 e. The van der Waals surface area contributed by atoms with Gasteiger partial charge in [0.05, 0.1) is 5.69 Å². The molecule has 1 aliphatic rings. The molecule has 0 spiro atoms. The van der Waals surface area contributed by atoms with E-state index >= 15 is 0 Å². The minimum atomic E-state index is 0.574. The maximum atomic E-state index is 5.95. The summed E-state index contributed by atoms with van der Waals surface area (Å²) in [5.41, 5.74) is 2.43. The topological polar surface area (TPSA) is 12.9 Å². The Labute approximate surface area is 136 Å². The van der Waals surface area contributed by atoms with Crippen LogP contribution in [0.2, 0.25) is 5.02 Å². The number of thiazole rings is 1. The van der Waals surface area contributed by atoms with E-state index in [1.165, 1.54) is 49.8 Å².